The molecule has 0 aromatic heterocycles. The van der Waals surface area contributed by atoms with Crippen LogP contribution in [0.3, 0.4) is 0 Å². The molecule has 3 nitrogen and oxygen atoms in total. The van der Waals surface area contributed by atoms with Gasteiger partial charge in [-0.3, -0.25) is 0 Å². The molecular weight excluding hydrogens is 268 g/mol. The molecule has 2 aliphatic heterocycles. The lowest BCUT2D eigenvalue weighted by molar-refractivity contribution is -0.149. The first-order chi connectivity index (χ1) is 9.74. The van der Waals surface area contributed by atoms with Crippen molar-refractivity contribution in [3.63, 3.8) is 0 Å². The van der Waals surface area contributed by atoms with E-state index >= 15 is 0 Å². The van der Waals surface area contributed by atoms with Crippen molar-refractivity contribution in [2.45, 2.75) is 56.7 Å². The third kappa shape index (κ3) is 3.03. The quantitative estimate of drug-likeness (QED) is 0.861. The van der Waals surface area contributed by atoms with Crippen LogP contribution in [0.5, 0.6) is 0 Å². The Balaban J connectivity index is 1.68. The van der Waals surface area contributed by atoms with Crippen molar-refractivity contribution >= 4 is 11.8 Å². The number of ether oxygens (including phenoxy) is 1. The average molecular weight is 298 g/mol. The summed E-state index contributed by atoms with van der Waals surface area (Å²) >= 11 is 2.13. The maximum atomic E-state index is 6.13. The van der Waals surface area contributed by atoms with E-state index in [-0.39, 0.29) is 5.60 Å². The molecule has 3 fully saturated rings. The lowest BCUT2D eigenvalue weighted by Gasteiger charge is -2.51. The fraction of sp³-hybridized carbons (Fsp3) is 1.00. The molecular formula is C16H30N2OS. The molecule has 3 rings (SSSR count). The number of rotatable bonds is 4. The molecule has 0 amide bonds. The van der Waals surface area contributed by atoms with E-state index < -0.39 is 0 Å². The molecule has 1 aliphatic carbocycles. The molecule has 0 bridgehead atoms. The lowest BCUT2D eigenvalue weighted by Crippen LogP contribution is -2.59. The standard InChI is InChI=1S/C16H30N2OS/c1-3-17-15(14-12-20-10-8-18(14)2)13-5-9-19-16(11-13)6-4-7-16/h13-15,17H,3-12H2,1-2H3. The topological polar surface area (TPSA) is 24.5 Å². The highest BCUT2D eigenvalue weighted by Gasteiger charge is 2.46. The van der Waals surface area contributed by atoms with Gasteiger partial charge in [-0.25, -0.2) is 0 Å². The summed E-state index contributed by atoms with van der Waals surface area (Å²) in [7, 11) is 2.31. The van der Waals surface area contributed by atoms with Crippen molar-refractivity contribution in [2.24, 2.45) is 5.92 Å². The van der Waals surface area contributed by atoms with Gasteiger partial charge in [-0.1, -0.05) is 6.92 Å². The van der Waals surface area contributed by atoms with Gasteiger partial charge in [0.25, 0.3) is 0 Å². The summed E-state index contributed by atoms with van der Waals surface area (Å²) in [5.74, 6) is 3.39. The SMILES string of the molecule is CCNC(C1CCOC2(CCC2)C1)C1CSCCN1C. The zero-order valence-electron chi connectivity index (χ0n) is 13.1. The highest BCUT2D eigenvalue weighted by molar-refractivity contribution is 7.99. The van der Waals surface area contributed by atoms with Crippen LogP contribution in [0, 0.1) is 5.92 Å². The maximum absolute atomic E-state index is 6.13. The van der Waals surface area contributed by atoms with E-state index in [1.54, 1.807) is 0 Å². The Kier molecular flexibility index (Phi) is 4.96. The van der Waals surface area contributed by atoms with Gasteiger partial charge in [-0.15, -0.1) is 0 Å². The number of nitrogens with one attached hydrogen (secondary N) is 1. The molecule has 20 heavy (non-hydrogen) atoms. The first kappa shape index (κ1) is 15.1. The van der Waals surface area contributed by atoms with Crippen molar-refractivity contribution in [1.82, 2.24) is 10.2 Å². The van der Waals surface area contributed by atoms with Gasteiger partial charge >= 0.3 is 0 Å². The molecule has 2 saturated heterocycles. The van der Waals surface area contributed by atoms with E-state index in [1.165, 1.54) is 50.2 Å². The van der Waals surface area contributed by atoms with Gasteiger partial charge in [0.15, 0.2) is 0 Å². The smallest absolute Gasteiger partial charge is 0.0685 e. The van der Waals surface area contributed by atoms with Crippen molar-refractivity contribution in [1.29, 1.82) is 0 Å². The number of hydrogen-bond donors (Lipinski definition) is 1. The third-order valence-corrected chi connectivity index (χ3v) is 6.65. The van der Waals surface area contributed by atoms with E-state index in [2.05, 4.69) is 35.9 Å². The summed E-state index contributed by atoms with van der Waals surface area (Å²) in [6, 6.07) is 1.35. The normalized spacial score (nSPS) is 35.7. The molecule has 4 heteroatoms. The Labute approximate surface area is 128 Å². The predicted octanol–water partition coefficient (Wildman–Crippen LogP) is 2.36. The summed E-state index contributed by atoms with van der Waals surface area (Å²) in [5.41, 5.74) is 0.275. The highest BCUT2D eigenvalue weighted by atomic mass is 32.2. The van der Waals surface area contributed by atoms with Crippen LogP contribution in [0.2, 0.25) is 0 Å². The Morgan fingerprint density at radius 3 is 2.95 bits per heavy atom. The zero-order valence-corrected chi connectivity index (χ0v) is 13.9. The number of thioether (sulfide) groups is 1. The fourth-order valence-electron chi connectivity index (χ4n) is 4.23. The van der Waals surface area contributed by atoms with Crippen LogP contribution in [0.25, 0.3) is 0 Å². The van der Waals surface area contributed by atoms with E-state index in [9.17, 15) is 0 Å². The number of likely N-dealkylation sites (N-methyl/N-ethyl adjacent to an activating group) is 2. The third-order valence-electron chi connectivity index (χ3n) is 5.60. The maximum Gasteiger partial charge on any atom is 0.0685 e. The van der Waals surface area contributed by atoms with Crippen LogP contribution < -0.4 is 5.32 Å². The van der Waals surface area contributed by atoms with Crippen LogP contribution in [0.1, 0.15) is 39.0 Å². The van der Waals surface area contributed by atoms with E-state index in [0.717, 1.165) is 19.1 Å². The van der Waals surface area contributed by atoms with Gasteiger partial charge in [0.2, 0.25) is 0 Å². The fourth-order valence-corrected chi connectivity index (χ4v) is 5.51. The first-order valence-corrected chi connectivity index (χ1v) is 9.55. The molecule has 3 unspecified atom stereocenters. The largest absolute Gasteiger partial charge is 0.375 e. The Morgan fingerprint density at radius 1 is 1.45 bits per heavy atom. The summed E-state index contributed by atoms with van der Waals surface area (Å²) in [5, 5.41) is 3.83. The highest BCUT2D eigenvalue weighted by Crippen LogP contribution is 2.45. The molecule has 3 atom stereocenters. The van der Waals surface area contributed by atoms with Crippen LogP contribution in [0.15, 0.2) is 0 Å². The molecule has 1 saturated carbocycles. The minimum atomic E-state index is 0.275. The van der Waals surface area contributed by atoms with Crippen LogP contribution in [0.4, 0.5) is 0 Å². The van der Waals surface area contributed by atoms with Crippen LogP contribution in [-0.4, -0.2) is 60.8 Å². The Morgan fingerprint density at radius 2 is 2.30 bits per heavy atom. The average Bonchev–Trinajstić information content (AvgIpc) is 2.44. The van der Waals surface area contributed by atoms with E-state index in [1.807, 2.05) is 0 Å². The molecule has 0 aromatic rings. The summed E-state index contributed by atoms with van der Waals surface area (Å²) in [4.78, 5) is 2.59. The van der Waals surface area contributed by atoms with Gasteiger partial charge in [0.05, 0.1) is 5.60 Å². The molecule has 116 valence electrons. The Bertz CT molecular complexity index is 322. The van der Waals surface area contributed by atoms with Crippen LogP contribution in [-0.2, 0) is 4.74 Å². The lowest BCUT2D eigenvalue weighted by atomic mass is 9.69. The zero-order chi connectivity index (χ0) is 14.0. The Hall–Kier alpha value is 0.230. The monoisotopic (exact) mass is 298 g/mol. The van der Waals surface area contributed by atoms with Gasteiger partial charge < -0.3 is 15.0 Å². The predicted molar refractivity (Wildman–Crippen MR) is 86.5 cm³/mol. The van der Waals surface area contributed by atoms with E-state index in [4.69, 9.17) is 4.74 Å². The minimum Gasteiger partial charge on any atom is -0.375 e. The molecule has 1 spiro atoms. The van der Waals surface area contributed by atoms with Crippen LogP contribution >= 0.6 is 11.8 Å². The number of hydrogen-bond acceptors (Lipinski definition) is 4. The molecule has 2 heterocycles. The molecule has 3 aliphatic rings. The summed E-state index contributed by atoms with van der Waals surface area (Å²) < 4.78 is 6.13. The van der Waals surface area contributed by atoms with Crippen molar-refractivity contribution < 1.29 is 4.74 Å². The number of nitrogens with zero attached hydrogens (tertiary/aromatic N) is 1. The van der Waals surface area contributed by atoms with Gasteiger partial charge in [-0.2, -0.15) is 11.8 Å². The molecule has 0 aromatic carbocycles. The van der Waals surface area contributed by atoms with Crippen molar-refractivity contribution in [3.8, 4) is 0 Å². The molecule has 0 radical (unpaired) electrons. The second kappa shape index (κ2) is 6.55. The van der Waals surface area contributed by atoms with E-state index in [0.29, 0.717) is 12.1 Å². The summed E-state index contributed by atoms with van der Waals surface area (Å²) in [6.07, 6.45) is 6.51. The van der Waals surface area contributed by atoms with Crippen molar-refractivity contribution in [3.05, 3.63) is 0 Å². The first-order valence-electron chi connectivity index (χ1n) is 8.39. The van der Waals surface area contributed by atoms with Gasteiger partial charge in [0.1, 0.15) is 0 Å². The molecule has 1 N–H and O–H groups in total. The second-order valence-corrected chi connectivity index (χ2v) is 7.99. The second-order valence-electron chi connectivity index (χ2n) is 6.84. The van der Waals surface area contributed by atoms with Gasteiger partial charge in [0, 0.05) is 36.7 Å². The summed E-state index contributed by atoms with van der Waals surface area (Å²) in [6.45, 7) is 5.56. The van der Waals surface area contributed by atoms with Gasteiger partial charge in [-0.05, 0) is 51.6 Å². The minimum absolute atomic E-state index is 0.275. The van der Waals surface area contributed by atoms with Crippen molar-refractivity contribution in [2.75, 3.05) is 38.2 Å².